The molecule has 110 valence electrons. The number of hydrogen-bond donors (Lipinski definition) is 1. The Morgan fingerprint density at radius 2 is 1.95 bits per heavy atom. The fourth-order valence-electron chi connectivity index (χ4n) is 2.16. The summed E-state index contributed by atoms with van der Waals surface area (Å²) in [4.78, 5) is 4.35. The van der Waals surface area contributed by atoms with Crippen LogP contribution in [-0.4, -0.2) is 35.8 Å². The van der Waals surface area contributed by atoms with Crippen molar-refractivity contribution in [1.29, 1.82) is 0 Å². The number of pyridine rings is 1. The van der Waals surface area contributed by atoms with Crippen molar-refractivity contribution in [2.45, 2.75) is 31.6 Å². The second kappa shape index (κ2) is 5.38. The predicted octanol–water partition coefficient (Wildman–Crippen LogP) is 1.53. The Morgan fingerprint density at radius 3 is 2.40 bits per heavy atom. The molecule has 0 radical (unpaired) electrons. The zero-order valence-electron chi connectivity index (χ0n) is 11.7. The summed E-state index contributed by atoms with van der Waals surface area (Å²) in [5, 5.41) is 0. The summed E-state index contributed by atoms with van der Waals surface area (Å²) in [6, 6.07) is 3.06. The lowest BCUT2D eigenvalue weighted by atomic mass is 9.83. The van der Waals surface area contributed by atoms with Crippen molar-refractivity contribution < 1.29 is 8.42 Å². The van der Waals surface area contributed by atoms with Gasteiger partial charge in [0.25, 0.3) is 0 Å². The molecule has 2 rings (SSSR count). The monoisotopic (exact) mass is 313 g/mol. The van der Waals surface area contributed by atoms with Crippen molar-refractivity contribution in [3.05, 3.63) is 24.0 Å². The highest BCUT2D eigenvalue weighted by Gasteiger charge is 2.32. The van der Waals surface area contributed by atoms with Gasteiger partial charge in [0, 0.05) is 19.3 Å². The van der Waals surface area contributed by atoms with Gasteiger partial charge in [0.05, 0.1) is 5.69 Å². The molecule has 1 aliphatic rings. The van der Waals surface area contributed by atoms with Gasteiger partial charge in [-0.1, -0.05) is 26.1 Å². The van der Waals surface area contributed by atoms with Gasteiger partial charge in [-0.3, -0.25) is 4.98 Å². The first kappa shape index (κ1) is 15.3. The SMILES string of the molecule is CC1(C)CCN(S(=O)(=O)c2ccc(C(N)=S)nc2)CC1. The molecule has 2 N–H and O–H groups in total. The molecule has 1 aliphatic heterocycles. The zero-order chi connectivity index (χ0) is 15.0. The van der Waals surface area contributed by atoms with E-state index in [-0.39, 0.29) is 15.3 Å². The minimum absolute atomic E-state index is 0.161. The molecule has 5 nitrogen and oxygen atoms in total. The van der Waals surface area contributed by atoms with E-state index in [1.807, 2.05) is 0 Å². The third-order valence-electron chi connectivity index (χ3n) is 3.70. The van der Waals surface area contributed by atoms with Crippen LogP contribution in [0.25, 0.3) is 0 Å². The molecule has 1 fully saturated rings. The number of thiocarbonyl (C=S) groups is 1. The summed E-state index contributed by atoms with van der Waals surface area (Å²) >= 11 is 4.80. The molecule has 0 amide bonds. The average molecular weight is 313 g/mol. The minimum atomic E-state index is -3.47. The summed E-state index contributed by atoms with van der Waals surface area (Å²) in [5.74, 6) is 0. The van der Waals surface area contributed by atoms with Gasteiger partial charge in [-0.05, 0) is 30.4 Å². The lowest BCUT2D eigenvalue weighted by molar-refractivity contribution is 0.196. The maximum absolute atomic E-state index is 12.5. The summed E-state index contributed by atoms with van der Waals surface area (Å²) < 4.78 is 26.5. The van der Waals surface area contributed by atoms with Crippen molar-refractivity contribution in [2.24, 2.45) is 11.1 Å². The van der Waals surface area contributed by atoms with Crippen molar-refractivity contribution in [3.63, 3.8) is 0 Å². The standard InChI is InChI=1S/C13H19N3O2S2/c1-13(2)5-7-16(8-6-13)20(17,18)10-3-4-11(12(14)19)15-9-10/h3-4,9H,5-8H2,1-2H3,(H2,14,19). The number of aromatic nitrogens is 1. The van der Waals surface area contributed by atoms with E-state index in [2.05, 4.69) is 18.8 Å². The Labute approximate surface area is 125 Å². The molecule has 1 saturated heterocycles. The first-order valence-electron chi connectivity index (χ1n) is 6.48. The molecule has 0 bridgehead atoms. The lowest BCUT2D eigenvalue weighted by Crippen LogP contribution is -2.41. The van der Waals surface area contributed by atoms with Crippen LogP contribution in [-0.2, 0) is 10.0 Å². The second-order valence-electron chi connectivity index (χ2n) is 5.81. The average Bonchev–Trinajstić information content (AvgIpc) is 2.38. The number of nitrogens with zero attached hydrogens (tertiary/aromatic N) is 2. The van der Waals surface area contributed by atoms with Crippen LogP contribution in [0.15, 0.2) is 23.2 Å². The smallest absolute Gasteiger partial charge is 0.244 e. The minimum Gasteiger partial charge on any atom is -0.388 e. The largest absolute Gasteiger partial charge is 0.388 e. The van der Waals surface area contributed by atoms with Gasteiger partial charge in [0.1, 0.15) is 9.88 Å². The van der Waals surface area contributed by atoms with Crippen LogP contribution in [0, 0.1) is 5.41 Å². The van der Waals surface area contributed by atoms with Crippen LogP contribution in [0.3, 0.4) is 0 Å². The highest BCUT2D eigenvalue weighted by molar-refractivity contribution is 7.89. The Bertz CT molecular complexity index is 599. The van der Waals surface area contributed by atoms with E-state index in [1.54, 1.807) is 6.07 Å². The molecular weight excluding hydrogens is 294 g/mol. The van der Waals surface area contributed by atoms with Crippen LogP contribution in [0.2, 0.25) is 0 Å². The normalized spacial score (nSPS) is 19.7. The third-order valence-corrected chi connectivity index (χ3v) is 5.79. The molecule has 0 unspecified atom stereocenters. The molecule has 1 aromatic heterocycles. The topological polar surface area (TPSA) is 76.3 Å². The summed E-state index contributed by atoms with van der Waals surface area (Å²) in [6.45, 7) is 5.42. The highest BCUT2D eigenvalue weighted by Crippen LogP contribution is 2.32. The molecule has 0 aromatic carbocycles. The number of piperidine rings is 1. The number of hydrogen-bond acceptors (Lipinski definition) is 4. The van der Waals surface area contributed by atoms with E-state index >= 15 is 0 Å². The molecule has 20 heavy (non-hydrogen) atoms. The Balaban J connectivity index is 2.20. The molecule has 0 spiro atoms. The Kier molecular flexibility index (Phi) is 4.13. The van der Waals surface area contributed by atoms with E-state index in [0.717, 1.165) is 12.8 Å². The molecule has 0 aliphatic carbocycles. The Morgan fingerprint density at radius 1 is 1.35 bits per heavy atom. The van der Waals surface area contributed by atoms with Crippen LogP contribution in [0.4, 0.5) is 0 Å². The van der Waals surface area contributed by atoms with Gasteiger partial charge in [0.2, 0.25) is 10.0 Å². The fourth-order valence-corrected chi connectivity index (χ4v) is 3.67. The van der Waals surface area contributed by atoms with Gasteiger partial charge >= 0.3 is 0 Å². The maximum Gasteiger partial charge on any atom is 0.244 e. The summed E-state index contributed by atoms with van der Waals surface area (Å²) in [5.41, 5.74) is 6.09. The third kappa shape index (κ3) is 3.16. The summed E-state index contributed by atoms with van der Waals surface area (Å²) in [7, 11) is -3.47. The van der Waals surface area contributed by atoms with Gasteiger partial charge in [0.15, 0.2) is 0 Å². The number of sulfonamides is 1. The van der Waals surface area contributed by atoms with Crippen LogP contribution in [0.1, 0.15) is 32.4 Å². The predicted molar refractivity (Wildman–Crippen MR) is 81.9 cm³/mol. The number of nitrogens with two attached hydrogens (primary N) is 1. The van der Waals surface area contributed by atoms with E-state index in [9.17, 15) is 8.42 Å². The molecule has 2 heterocycles. The van der Waals surface area contributed by atoms with Gasteiger partial charge in [-0.15, -0.1) is 0 Å². The van der Waals surface area contributed by atoms with Crippen molar-refractivity contribution in [1.82, 2.24) is 9.29 Å². The Hall–Kier alpha value is -1.05. The van der Waals surface area contributed by atoms with Crippen molar-refractivity contribution in [2.75, 3.05) is 13.1 Å². The van der Waals surface area contributed by atoms with Crippen LogP contribution in [0.5, 0.6) is 0 Å². The first-order chi connectivity index (χ1) is 9.22. The fraction of sp³-hybridized carbons (Fsp3) is 0.538. The quantitative estimate of drug-likeness (QED) is 0.856. The summed E-state index contributed by atoms with van der Waals surface area (Å²) in [6.07, 6.45) is 3.05. The van der Waals surface area contributed by atoms with Gasteiger partial charge < -0.3 is 5.73 Å². The molecule has 1 aromatic rings. The van der Waals surface area contributed by atoms with E-state index < -0.39 is 10.0 Å². The second-order valence-corrected chi connectivity index (χ2v) is 8.19. The molecule has 0 saturated carbocycles. The van der Waals surface area contributed by atoms with E-state index in [4.69, 9.17) is 18.0 Å². The number of rotatable bonds is 3. The van der Waals surface area contributed by atoms with Gasteiger partial charge in [-0.25, -0.2) is 8.42 Å². The van der Waals surface area contributed by atoms with E-state index in [0.29, 0.717) is 18.8 Å². The zero-order valence-corrected chi connectivity index (χ0v) is 13.3. The van der Waals surface area contributed by atoms with E-state index in [1.165, 1.54) is 16.6 Å². The molecule has 0 atom stereocenters. The molecular formula is C13H19N3O2S2. The van der Waals surface area contributed by atoms with Crippen molar-refractivity contribution in [3.8, 4) is 0 Å². The van der Waals surface area contributed by atoms with Crippen molar-refractivity contribution >= 4 is 27.2 Å². The van der Waals surface area contributed by atoms with Gasteiger partial charge in [-0.2, -0.15) is 4.31 Å². The van der Waals surface area contributed by atoms with Crippen LogP contribution >= 0.6 is 12.2 Å². The maximum atomic E-state index is 12.5. The van der Waals surface area contributed by atoms with Crippen LogP contribution < -0.4 is 5.73 Å². The first-order valence-corrected chi connectivity index (χ1v) is 8.33. The highest BCUT2D eigenvalue weighted by atomic mass is 32.2. The lowest BCUT2D eigenvalue weighted by Gasteiger charge is -2.36. The molecule has 7 heteroatoms.